The van der Waals surface area contributed by atoms with Gasteiger partial charge in [0, 0.05) is 37.3 Å². The predicted octanol–water partition coefficient (Wildman–Crippen LogP) is 1.35. The number of pyridine rings is 1. The Balaban J connectivity index is 1.70. The molecular weight excluding hydrogens is 358 g/mol. The predicted molar refractivity (Wildman–Crippen MR) is 103 cm³/mol. The van der Waals surface area contributed by atoms with Crippen LogP contribution in [0, 0.1) is 5.92 Å². The van der Waals surface area contributed by atoms with E-state index in [0.717, 1.165) is 31.0 Å². The minimum Gasteiger partial charge on any atom is -0.480 e. The quantitative estimate of drug-likeness (QED) is 0.746. The van der Waals surface area contributed by atoms with Crippen molar-refractivity contribution in [2.24, 2.45) is 5.92 Å². The largest absolute Gasteiger partial charge is 0.480 e. The van der Waals surface area contributed by atoms with E-state index >= 15 is 0 Å². The molecule has 1 fully saturated rings. The molecule has 3 heterocycles. The Morgan fingerprint density at radius 3 is 2.96 bits per heavy atom. The van der Waals surface area contributed by atoms with Crippen LogP contribution in [0.25, 0.3) is 0 Å². The lowest BCUT2D eigenvalue weighted by molar-refractivity contribution is -0.139. The number of aromatic nitrogens is 1. The van der Waals surface area contributed by atoms with Gasteiger partial charge in [0.05, 0.1) is 0 Å². The number of hydrogen-bond acceptors (Lipinski definition) is 4. The molecule has 8 heteroatoms. The number of piperidine rings is 1. The Hall–Kier alpha value is -1.54. The van der Waals surface area contributed by atoms with Gasteiger partial charge in [0.2, 0.25) is 0 Å². The zero-order chi connectivity index (χ0) is 18.0. The number of carboxylic acids is 1. The second-order valence-corrected chi connectivity index (χ2v) is 8.10. The molecule has 136 valence electrons. The monoisotopic (exact) mass is 381 g/mol. The maximum atomic E-state index is 12.1. The number of thiocarbonyl (C=S) groups is 1. The maximum Gasteiger partial charge on any atom is 0.326 e. The van der Waals surface area contributed by atoms with E-state index in [1.54, 1.807) is 17.8 Å². The van der Waals surface area contributed by atoms with Gasteiger partial charge in [-0.15, -0.1) is 0 Å². The normalized spacial score (nSPS) is 22.8. The Labute approximate surface area is 156 Å². The van der Waals surface area contributed by atoms with Gasteiger partial charge in [0.15, 0.2) is 5.11 Å². The van der Waals surface area contributed by atoms with Gasteiger partial charge in [0.1, 0.15) is 6.04 Å². The Bertz CT molecular complexity index is 721. The number of rotatable bonds is 5. The van der Waals surface area contributed by atoms with Crippen molar-refractivity contribution in [3.05, 3.63) is 34.2 Å². The van der Waals surface area contributed by atoms with Crippen LogP contribution in [0.1, 0.15) is 24.5 Å². The molecular formula is C17H23N3O3S2. The summed E-state index contributed by atoms with van der Waals surface area (Å²) in [5.74, 6) is 0.524. The van der Waals surface area contributed by atoms with Gasteiger partial charge >= 0.3 is 5.97 Å². The van der Waals surface area contributed by atoms with E-state index < -0.39 is 12.0 Å². The molecule has 2 aliphatic heterocycles. The van der Waals surface area contributed by atoms with Gasteiger partial charge < -0.3 is 19.9 Å². The molecule has 0 saturated carbocycles. The minimum absolute atomic E-state index is 0.0596. The average Bonchev–Trinajstić information content (AvgIpc) is 2.59. The molecule has 1 saturated heterocycles. The number of nitrogens with zero attached hydrogens (tertiary/aromatic N) is 2. The third kappa shape index (κ3) is 4.00. The molecule has 2 unspecified atom stereocenters. The third-order valence-electron chi connectivity index (χ3n) is 4.97. The van der Waals surface area contributed by atoms with Crippen molar-refractivity contribution < 1.29 is 9.90 Å². The fraction of sp³-hybridized carbons (Fsp3) is 0.588. The summed E-state index contributed by atoms with van der Waals surface area (Å²) in [6.07, 6.45) is 3.55. The lowest BCUT2D eigenvalue weighted by Gasteiger charge is -2.44. The van der Waals surface area contributed by atoms with Crippen molar-refractivity contribution in [2.75, 3.05) is 25.1 Å². The van der Waals surface area contributed by atoms with Gasteiger partial charge in [-0.2, -0.15) is 11.8 Å². The van der Waals surface area contributed by atoms with Crippen molar-refractivity contribution in [3.63, 3.8) is 0 Å². The molecule has 25 heavy (non-hydrogen) atoms. The molecule has 1 aromatic heterocycles. The highest BCUT2D eigenvalue weighted by Gasteiger charge is 2.35. The fourth-order valence-electron chi connectivity index (χ4n) is 3.80. The molecule has 0 radical (unpaired) electrons. The number of likely N-dealkylation sites (tertiary alicyclic amines) is 1. The second kappa shape index (κ2) is 7.78. The van der Waals surface area contributed by atoms with E-state index in [1.807, 2.05) is 23.0 Å². The molecule has 2 aliphatic rings. The zero-order valence-electron chi connectivity index (χ0n) is 14.2. The molecule has 6 nitrogen and oxygen atoms in total. The van der Waals surface area contributed by atoms with E-state index in [1.165, 1.54) is 0 Å². The molecule has 3 atom stereocenters. The molecule has 0 aliphatic carbocycles. The van der Waals surface area contributed by atoms with Crippen LogP contribution in [0.3, 0.4) is 0 Å². The number of nitrogens with one attached hydrogen (secondary N) is 1. The molecule has 0 aromatic carbocycles. The van der Waals surface area contributed by atoms with Crippen LogP contribution in [-0.4, -0.2) is 56.8 Å². The molecule has 2 N–H and O–H groups in total. The van der Waals surface area contributed by atoms with E-state index in [9.17, 15) is 14.7 Å². The number of carboxylic acid groups (broad SMARTS) is 1. The summed E-state index contributed by atoms with van der Waals surface area (Å²) in [6.45, 7) is 2.19. The molecule has 2 bridgehead atoms. The Morgan fingerprint density at radius 2 is 2.24 bits per heavy atom. The first-order chi connectivity index (χ1) is 12.0. The molecule has 0 spiro atoms. The van der Waals surface area contributed by atoms with Crippen molar-refractivity contribution in [2.45, 2.75) is 31.3 Å². The van der Waals surface area contributed by atoms with E-state index in [2.05, 4.69) is 10.2 Å². The summed E-state index contributed by atoms with van der Waals surface area (Å²) in [7, 11) is 0. The number of thioether (sulfide) groups is 1. The lowest BCUT2D eigenvalue weighted by atomic mass is 9.83. The number of hydrogen-bond donors (Lipinski definition) is 2. The summed E-state index contributed by atoms with van der Waals surface area (Å²) < 4.78 is 1.88. The first-order valence-corrected chi connectivity index (χ1v) is 10.3. The highest BCUT2D eigenvalue weighted by molar-refractivity contribution is 7.98. The van der Waals surface area contributed by atoms with E-state index in [-0.39, 0.29) is 11.5 Å². The fourth-order valence-corrected chi connectivity index (χ4v) is 4.56. The van der Waals surface area contributed by atoms with Gasteiger partial charge in [-0.25, -0.2) is 4.79 Å². The highest BCUT2D eigenvalue weighted by Crippen LogP contribution is 2.34. The highest BCUT2D eigenvalue weighted by atomic mass is 32.2. The van der Waals surface area contributed by atoms with Crippen LogP contribution < -0.4 is 10.9 Å². The summed E-state index contributed by atoms with van der Waals surface area (Å²) in [4.78, 5) is 25.6. The Morgan fingerprint density at radius 1 is 1.44 bits per heavy atom. The molecule has 3 rings (SSSR count). The van der Waals surface area contributed by atoms with Crippen molar-refractivity contribution in [1.29, 1.82) is 0 Å². The van der Waals surface area contributed by atoms with Gasteiger partial charge in [-0.05, 0) is 49.1 Å². The van der Waals surface area contributed by atoms with Crippen molar-refractivity contribution >= 4 is 35.1 Å². The summed E-state index contributed by atoms with van der Waals surface area (Å²) >= 11 is 7.12. The third-order valence-corrected chi connectivity index (χ3v) is 5.99. The van der Waals surface area contributed by atoms with Crippen molar-refractivity contribution in [3.8, 4) is 0 Å². The SMILES string of the molecule is CSCCC(NC(=S)N1CC2C[C@H](C1)Cn1c2cccc1=O)C(=O)O. The Kier molecular flexibility index (Phi) is 5.68. The first-order valence-electron chi connectivity index (χ1n) is 8.46. The lowest BCUT2D eigenvalue weighted by Crippen LogP contribution is -2.54. The average molecular weight is 382 g/mol. The molecule has 1 aromatic rings. The van der Waals surface area contributed by atoms with Crippen molar-refractivity contribution in [1.82, 2.24) is 14.8 Å². The summed E-state index contributed by atoms with van der Waals surface area (Å²) in [6, 6.07) is 4.78. The van der Waals surface area contributed by atoms with Crippen LogP contribution in [0.5, 0.6) is 0 Å². The number of carbonyl (C=O) groups is 1. The summed E-state index contributed by atoms with van der Waals surface area (Å²) in [5.41, 5.74) is 1.12. The standard InChI is InChI=1S/C17H23N3O3S2/c1-25-6-5-13(16(22)23)18-17(24)19-8-11-7-12(10-19)14-3-2-4-15(21)20(14)9-11/h2-4,11-13H,5-10H2,1H3,(H,18,24)(H,22,23)/t11-,12?,13?/m1/s1. The van der Waals surface area contributed by atoms with Gasteiger partial charge in [0.25, 0.3) is 5.56 Å². The number of aliphatic carboxylic acids is 1. The second-order valence-electron chi connectivity index (χ2n) is 6.72. The smallest absolute Gasteiger partial charge is 0.326 e. The van der Waals surface area contributed by atoms with Gasteiger partial charge in [-0.3, -0.25) is 4.79 Å². The van der Waals surface area contributed by atoms with Gasteiger partial charge in [-0.1, -0.05) is 6.07 Å². The van der Waals surface area contributed by atoms with Crippen LogP contribution in [0.2, 0.25) is 0 Å². The maximum absolute atomic E-state index is 12.1. The van der Waals surface area contributed by atoms with Crippen LogP contribution in [0.4, 0.5) is 0 Å². The van der Waals surface area contributed by atoms with Crippen LogP contribution in [-0.2, 0) is 11.3 Å². The first kappa shape index (κ1) is 18.3. The zero-order valence-corrected chi connectivity index (χ0v) is 15.8. The van der Waals surface area contributed by atoms with Crippen LogP contribution >= 0.6 is 24.0 Å². The van der Waals surface area contributed by atoms with Crippen LogP contribution in [0.15, 0.2) is 23.0 Å². The summed E-state index contributed by atoms with van der Waals surface area (Å²) in [5, 5.41) is 12.9. The topological polar surface area (TPSA) is 74.6 Å². The van der Waals surface area contributed by atoms with E-state index in [4.69, 9.17) is 12.2 Å². The van der Waals surface area contributed by atoms with E-state index in [0.29, 0.717) is 24.0 Å². The molecule has 0 amide bonds. The number of fused-ring (bicyclic) bond motifs is 4. The minimum atomic E-state index is -0.870.